The molecule has 1 heterocycles. The first kappa shape index (κ1) is 10.7. The van der Waals surface area contributed by atoms with Crippen LogP contribution in [0.4, 0.5) is 0 Å². The molecule has 0 amide bonds. The van der Waals surface area contributed by atoms with Crippen LogP contribution in [-0.2, 0) is 0 Å². The molecule has 76 valence electrons. The van der Waals surface area contributed by atoms with E-state index in [9.17, 15) is 0 Å². The van der Waals surface area contributed by atoms with Crippen molar-refractivity contribution in [1.29, 1.82) is 0 Å². The normalized spacial score (nSPS) is 29.7. The Balaban J connectivity index is 2.81. The summed E-state index contributed by atoms with van der Waals surface area (Å²) in [5.74, 6) is 1.36. The lowest BCUT2D eigenvalue weighted by molar-refractivity contribution is 0.141. The minimum absolute atomic E-state index is 0.359. The molecule has 0 aromatic heterocycles. The molecule has 1 rings (SSSR count). The zero-order valence-electron chi connectivity index (χ0n) is 9.89. The predicted octanol–water partition coefficient (Wildman–Crippen LogP) is 3.40. The maximum atomic E-state index is 4.45. The lowest BCUT2D eigenvalue weighted by atomic mass is 9.66. The lowest BCUT2D eigenvalue weighted by Crippen LogP contribution is -2.35. The van der Waals surface area contributed by atoms with Crippen LogP contribution in [0.15, 0.2) is 4.99 Å². The van der Waals surface area contributed by atoms with Crippen LogP contribution in [-0.4, -0.2) is 12.8 Å². The first-order chi connectivity index (χ1) is 5.73. The highest BCUT2D eigenvalue weighted by Gasteiger charge is 2.39. The van der Waals surface area contributed by atoms with Gasteiger partial charge in [0.2, 0.25) is 0 Å². The average Bonchev–Trinajstić information content (AvgIpc) is 2.27. The molecule has 0 bridgehead atoms. The fourth-order valence-electron chi connectivity index (χ4n) is 2.15. The van der Waals surface area contributed by atoms with Gasteiger partial charge in [0, 0.05) is 18.7 Å². The Morgan fingerprint density at radius 1 is 1.00 bits per heavy atom. The molecule has 0 aromatic carbocycles. The Morgan fingerprint density at radius 3 is 1.85 bits per heavy atom. The molecule has 2 unspecified atom stereocenters. The molecule has 0 aromatic rings. The molecule has 0 saturated heterocycles. The van der Waals surface area contributed by atoms with Crippen LogP contribution in [0.3, 0.4) is 0 Å². The van der Waals surface area contributed by atoms with E-state index in [1.807, 2.05) is 0 Å². The number of hydrogen-bond donors (Lipinski definition) is 0. The third-order valence-corrected chi connectivity index (χ3v) is 3.11. The van der Waals surface area contributed by atoms with Crippen molar-refractivity contribution in [2.45, 2.75) is 41.5 Å². The molecule has 13 heavy (non-hydrogen) atoms. The maximum absolute atomic E-state index is 4.45. The summed E-state index contributed by atoms with van der Waals surface area (Å²) < 4.78 is 0. The maximum Gasteiger partial charge on any atom is 0.0425 e. The van der Waals surface area contributed by atoms with Crippen LogP contribution in [0, 0.1) is 22.7 Å². The topological polar surface area (TPSA) is 12.4 Å². The quantitative estimate of drug-likeness (QED) is 0.543. The highest BCUT2D eigenvalue weighted by molar-refractivity contribution is 5.64. The van der Waals surface area contributed by atoms with Crippen LogP contribution >= 0.6 is 0 Å². The summed E-state index contributed by atoms with van der Waals surface area (Å²) in [6, 6.07) is 0. The third-order valence-electron chi connectivity index (χ3n) is 3.11. The standard InChI is InChI=1S/C12H23N/c1-11(2,3)9-7-13-8-10(9)12(4,5)6/h7,9-10H,8H2,1-6H3. The second-order valence-corrected chi connectivity index (χ2v) is 6.38. The van der Waals surface area contributed by atoms with E-state index in [0.29, 0.717) is 22.7 Å². The Hall–Kier alpha value is -0.330. The van der Waals surface area contributed by atoms with E-state index in [2.05, 4.69) is 52.7 Å². The lowest BCUT2D eigenvalue weighted by Gasteiger charge is -2.38. The van der Waals surface area contributed by atoms with Gasteiger partial charge in [0.15, 0.2) is 0 Å². The summed E-state index contributed by atoms with van der Waals surface area (Å²) in [5, 5.41) is 0. The summed E-state index contributed by atoms with van der Waals surface area (Å²) in [6.45, 7) is 14.9. The van der Waals surface area contributed by atoms with Crippen molar-refractivity contribution < 1.29 is 0 Å². The van der Waals surface area contributed by atoms with E-state index in [0.717, 1.165) is 6.54 Å². The van der Waals surface area contributed by atoms with Crippen LogP contribution in [0.1, 0.15) is 41.5 Å². The Morgan fingerprint density at radius 2 is 1.54 bits per heavy atom. The SMILES string of the molecule is CC(C)(C)C1C=NCC1C(C)(C)C. The molecule has 0 fully saturated rings. The van der Waals surface area contributed by atoms with Crippen molar-refractivity contribution in [2.75, 3.05) is 6.54 Å². The largest absolute Gasteiger partial charge is 0.297 e. The molecular formula is C12H23N. The minimum atomic E-state index is 0.359. The average molecular weight is 181 g/mol. The Bertz CT molecular complexity index is 202. The van der Waals surface area contributed by atoms with Gasteiger partial charge >= 0.3 is 0 Å². The monoisotopic (exact) mass is 181 g/mol. The zero-order chi connectivity index (χ0) is 10.3. The molecule has 0 aliphatic carbocycles. The number of rotatable bonds is 0. The van der Waals surface area contributed by atoms with Gasteiger partial charge in [0.05, 0.1) is 0 Å². The van der Waals surface area contributed by atoms with Gasteiger partial charge in [0.25, 0.3) is 0 Å². The first-order valence-corrected chi connectivity index (χ1v) is 5.23. The van der Waals surface area contributed by atoms with Crippen molar-refractivity contribution in [3.05, 3.63) is 0 Å². The van der Waals surface area contributed by atoms with Crippen molar-refractivity contribution in [2.24, 2.45) is 27.7 Å². The third kappa shape index (κ3) is 2.32. The van der Waals surface area contributed by atoms with Gasteiger partial charge in [-0.3, -0.25) is 4.99 Å². The fraction of sp³-hybridized carbons (Fsp3) is 0.917. The van der Waals surface area contributed by atoms with Gasteiger partial charge in [0.1, 0.15) is 0 Å². The van der Waals surface area contributed by atoms with E-state index in [-0.39, 0.29) is 0 Å². The molecule has 0 N–H and O–H groups in total. The fourth-order valence-corrected chi connectivity index (χ4v) is 2.15. The molecule has 2 atom stereocenters. The van der Waals surface area contributed by atoms with Crippen LogP contribution in [0.2, 0.25) is 0 Å². The van der Waals surface area contributed by atoms with Gasteiger partial charge in [-0.15, -0.1) is 0 Å². The highest BCUT2D eigenvalue weighted by atomic mass is 14.8. The summed E-state index contributed by atoms with van der Waals surface area (Å²) in [5.41, 5.74) is 0.742. The summed E-state index contributed by atoms with van der Waals surface area (Å²) in [4.78, 5) is 4.45. The van der Waals surface area contributed by atoms with E-state index in [4.69, 9.17) is 0 Å². The van der Waals surface area contributed by atoms with Gasteiger partial charge in [-0.05, 0) is 16.7 Å². The molecule has 0 saturated carbocycles. The van der Waals surface area contributed by atoms with E-state index < -0.39 is 0 Å². The molecule has 0 spiro atoms. The van der Waals surface area contributed by atoms with Crippen molar-refractivity contribution in [3.63, 3.8) is 0 Å². The first-order valence-electron chi connectivity index (χ1n) is 5.23. The van der Waals surface area contributed by atoms with Crippen molar-refractivity contribution in [3.8, 4) is 0 Å². The highest BCUT2D eigenvalue weighted by Crippen LogP contribution is 2.42. The number of aliphatic imine (C=N–C) groups is 1. The van der Waals surface area contributed by atoms with Crippen LogP contribution < -0.4 is 0 Å². The molecular weight excluding hydrogens is 158 g/mol. The second-order valence-electron chi connectivity index (χ2n) is 6.38. The molecule has 1 aliphatic heterocycles. The summed E-state index contributed by atoms with van der Waals surface area (Å²) in [6.07, 6.45) is 2.18. The number of nitrogens with zero attached hydrogens (tertiary/aromatic N) is 1. The van der Waals surface area contributed by atoms with E-state index in [1.165, 1.54) is 0 Å². The molecule has 1 aliphatic rings. The molecule has 1 nitrogen and oxygen atoms in total. The predicted molar refractivity (Wildman–Crippen MR) is 59.2 cm³/mol. The van der Waals surface area contributed by atoms with Gasteiger partial charge in [-0.1, -0.05) is 41.5 Å². The van der Waals surface area contributed by atoms with Gasteiger partial charge in [-0.25, -0.2) is 0 Å². The van der Waals surface area contributed by atoms with E-state index >= 15 is 0 Å². The number of hydrogen-bond acceptors (Lipinski definition) is 1. The summed E-state index contributed by atoms with van der Waals surface area (Å²) >= 11 is 0. The minimum Gasteiger partial charge on any atom is -0.297 e. The van der Waals surface area contributed by atoms with Crippen molar-refractivity contribution in [1.82, 2.24) is 0 Å². The van der Waals surface area contributed by atoms with Crippen LogP contribution in [0.5, 0.6) is 0 Å². The zero-order valence-corrected chi connectivity index (χ0v) is 9.89. The second kappa shape index (κ2) is 3.11. The van der Waals surface area contributed by atoms with Gasteiger partial charge in [-0.2, -0.15) is 0 Å². The molecule has 1 heteroatoms. The Labute approximate surface area is 82.6 Å². The van der Waals surface area contributed by atoms with E-state index in [1.54, 1.807) is 0 Å². The van der Waals surface area contributed by atoms with Gasteiger partial charge < -0.3 is 0 Å². The summed E-state index contributed by atoms with van der Waals surface area (Å²) in [7, 11) is 0. The van der Waals surface area contributed by atoms with Crippen molar-refractivity contribution >= 4 is 6.21 Å². The smallest absolute Gasteiger partial charge is 0.0425 e. The Kier molecular flexibility index (Phi) is 2.57. The molecule has 0 radical (unpaired) electrons. The van der Waals surface area contributed by atoms with Crippen LogP contribution in [0.25, 0.3) is 0 Å².